The Morgan fingerprint density at radius 3 is 2.31 bits per heavy atom. The molecule has 0 aromatic heterocycles. The van der Waals surface area contributed by atoms with Gasteiger partial charge in [-0.2, -0.15) is 0 Å². The molecule has 0 aliphatic rings. The molecule has 2 atom stereocenters. The van der Waals surface area contributed by atoms with Gasteiger partial charge in [0.15, 0.2) is 0 Å². The molecule has 4 N–H and O–H groups in total. The summed E-state index contributed by atoms with van der Waals surface area (Å²) in [5.74, 6) is -1.15. The topological polar surface area (TPSA) is 98.7 Å². The van der Waals surface area contributed by atoms with Crippen molar-refractivity contribution in [1.82, 2.24) is 10.6 Å². The van der Waals surface area contributed by atoms with Crippen LogP contribution in [-0.4, -0.2) is 40.9 Å². The van der Waals surface area contributed by atoms with Gasteiger partial charge in [-0.1, -0.05) is 13.3 Å². The molecular formula is C10H20N2O4. The summed E-state index contributed by atoms with van der Waals surface area (Å²) in [6.45, 7) is 3.58. The predicted molar refractivity (Wildman–Crippen MR) is 59.2 cm³/mol. The van der Waals surface area contributed by atoms with E-state index in [-0.39, 0.29) is 19.1 Å². The van der Waals surface area contributed by atoms with Crippen molar-refractivity contribution in [3.05, 3.63) is 0 Å². The number of carbonyl (C=O) groups is 2. The Balaban J connectivity index is 4.04. The molecule has 0 rings (SSSR count). The van der Waals surface area contributed by atoms with Gasteiger partial charge < -0.3 is 20.8 Å². The molecule has 0 bridgehead atoms. The molecule has 6 nitrogen and oxygen atoms in total. The van der Waals surface area contributed by atoms with Crippen LogP contribution >= 0.6 is 0 Å². The molecule has 2 amide bonds. The SMILES string of the molecule is CCCC(C)NC(=O)N[C@H](CCO)C(=O)O. The number of aliphatic hydroxyl groups is 1. The summed E-state index contributed by atoms with van der Waals surface area (Å²) in [6.07, 6.45) is 1.79. The highest BCUT2D eigenvalue weighted by Crippen LogP contribution is 1.96. The second kappa shape index (κ2) is 7.92. The number of nitrogens with one attached hydrogen (secondary N) is 2. The fourth-order valence-electron chi connectivity index (χ4n) is 1.32. The van der Waals surface area contributed by atoms with E-state index >= 15 is 0 Å². The average Bonchev–Trinajstić information content (AvgIpc) is 2.16. The minimum absolute atomic E-state index is 0.00487. The first-order valence-corrected chi connectivity index (χ1v) is 5.42. The van der Waals surface area contributed by atoms with E-state index in [0.717, 1.165) is 12.8 Å². The first-order chi connectivity index (χ1) is 7.51. The van der Waals surface area contributed by atoms with Crippen LogP contribution in [0.5, 0.6) is 0 Å². The predicted octanol–water partition coefficient (Wildman–Crippen LogP) is 0.310. The number of carbonyl (C=O) groups excluding carboxylic acids is 1. The van der Waals surface area contributed by atoms with Crippen molar-refractivity contribution in [2.24, 2.45) is 0 Å². The Bertz CT molecular complexity index is 233. The van der Waals surface area contributed by atoms with Gasteiger partial charge in [0, 0.05) is 19.1 Å². The standard InChI is InChI=1S/C10H20N2O4/c1-3-4-7(2)11-10(16)12-8(5-6-13)9(14)15/h7-8,13H,3-6H2,1-2H3,(H,14,15)(H2,11,12,16)/t7?,8-/m1/s1. The first-order valence-electron chi connectivity index (χ1n) is 5.42. The number of hydrogen-bond acceptors (Lipinski definition) is 3. The zero-order valence-corrected chi connectivity index (χ0v) is 9.69. The molecule has 1 unspecified atom stereocenters. The van der Waals surface area contributed by atoms with E-state index in [1.807, 2.05) is 13.8 Å². The van der Waals surface area contributed by atoms with Crippen LogP contribution in [0.2, 0.25) is 0 Å². The number of hydrogen-bond donors (Lipinski definition) is 4. The van der Waals surface area contributed by atoms with Crippen LogP contribution in [-0.2, 0) is 4.79 Å². The summed E-state index contributed by atoms with van der Waals surface area (Å²) < 4.78 is 0. The summed E-state index contributed by atoms with van der Waals surface area (Å²) in [5, 5.41) is 22.3. The molecule has 0 saturated heterocycles. The maximum atomic E-state index is 11.4. The largest absolute Gasteiger partial charge is 0.480 e. The Morgan fingerprint density at radius 2 is 1.88 bits per heavy atom. The lowest BCUT2D eigenvalue weighted by molar-refractivity contribution is -0.139. The number of urea groups is 1. The van der Waals surface area contributed by atoms with Crippen molar-refractivity contribution in [2.75, 3.05) is 6.61 Å². The van der Waals surface area contributed by atoms with Crippen molar-refractivity contribution in [2.45, 2.75) is 45.2 Å². The lowest BCUT2D eigenvalue weighted by Crippen LogP contribution is -2.48. The summed E-state index contributed by atoms with van der Waals surface area (Å²) in [6, 6.07) is -1.55. The molecule has 94 valence electrons. The quantitative estimate of drug-likeness (QED) is 0.507. The van der Waals surface area contributed by atoms with Crippen LogP contribution in [0.25, 0.3) is 0 Å². The van der Waals surface area contributed by atoms with Crippen LogP contribution in [0.15, 0.2) is 0 Å². The normalized spacial score (nSPS) is 13.9. The van der Waals surface area contributed by atoms with Gasteiger partial charge in [-0.3, -0.25) is 0 Å². The molecular weight excluding hydrogens is 212 g/mol. The fourth-order valence-corrected chi connectivity index (χ4v) is 1.32. The lowest BCUT2D eigenvalue weighted by Gasteiger charge is -2.17. The van der Waals surface area contributed by atoms with Crippen molar-refractivity contribution in [1.29, 1.82) is 0 Å². The molecule has 0 spiro atoms. The molecule has 0 heterocycles. The minimum Gasteiger partial charge on any atom is -0.480 e. The van der Waals surface area contributed by atoms with Crippen LogP contribution in [0.3, 0.4) is 0 Å². The highest BCUT2D eigenvalue weighted by Gasteiger charge is 2.19. The van der Waals surface area contributed by atoms with Crippen LogP contribution in [0, 0.1) is 0 Å². The average molecular weight is 232 g/mol. The number of carboxylic acids is 1. The van der Waals surface area contributed by atoms with Crippen molar-refractivity contribution in [3.63, 3.8) is 0 Å². The summed E-state index contributed by atoms with van der Waals surface area (Å²) in [4.78, 5) is 22.0. The van der Waals surface area contributed by atoms with E-state index in [2.05, 4.69) is 10.6 Å². The number of amides is 2. The van der Waals surface area contributed by atoms with E-state index in [4.69, 9.17) is 10.2 Å². The van der Waals surface area contributed by atoms with E-state index < -0.39 is 18.0 Å². The highest BCUT2D eigenvalue weighted by atomic mass is 16.4. The molecule has 0 saturated carbocycles. The molecule has 16 heavy (non-hydrogen) atoms. The van der Waals surface area contributed by atoms with E-state index in [1.165, 1.54) is 0 Å². The summed E-state index contributed by atoms with van der Waals surface area (Å²) in [5.41, 5.74) is 0. The number of aliphatic carboxylic acids is 1. The molecule has 0 aliphatic heterocycles. The first kappa shape index (κ1) is 14.7. The monoisotopic (exact) mass is 232 g/mol. The number of rotatable bonds is 7. The van der Waals surface area contributed by atoms with Gasteiger partial charge in [-0.25, -0.2) is 9.59 Å². The lowest BCUT2D eigenvalue weighted by atomic mass is 10.2. The van der Waals surface area contributed by atoms with Gasteiger partial charge in [0.05, 0.1) is 0 Å². The second-order valence-corrected chi connectivity index (χ2v) is 3.71. The minimum atomic E-state index is -1.15. The Kier molecular flexibility index (Phi) is 7.28. The maximum Gasteiger partial charge on any atom is 0.326 e. The van der Waals surface area contributed by atoms with Gasteiger partial charge in [0.2, 0.25) is 0 Å². The summed E-state index contributed by atoms with van der Waals surface area (Å²) >= 11 is 0. The molecule has 0 aliphatic carbocycles. The molecule has 6 heteroatoms. The highest BCUT2D eigenvalue weighted by molar-refractivity contribution is 5.82. The van der Waals surface area contributed by atoms with Gasteiger partial charge in [-0.15, -0.1) is 0 Å². The van der Waals surface area contributed by atoms with Gasteiger partial charge in [0.25, 0.3) is 0 Å². The molecule has 0 fully saturated rings. The third-order valence-corrected chi connectivity index (χ3v) is 2.12. The van der Waals surface area contributed by atoms with Crippen LogP contribution < -0.4 is 10.6 Å². The summed E-state index contributed by atoms with van der Waals surface area (Å²) in [7, 11) is 0. The van der Waals surface area contributed by atoms with E-state index in [1.54, 1.807) is 0 Å². The van der Waals surface area contributed by atoms with Crippen molar-refractivity contribution < 1.29 is 19.8 Å². The molecule has 0 aromatic rings. The third-order valence-electron chi connectivity index (χ3n) is 2.12. The third kappa shape index (κ3) is 6.23. The maximum absolute atomic E-state index is 11.4. The Morgan fingerprint density at radius 1 is 1.25 bits per heavy atom. The zero-order chi connectivity index (χ0) is 12.6. The molecule has 0 radical (unpaired) electrons. The van der Waals surface area contributed by atoms with Gasteiger partial charge >= 0.3 is 12.0 Å². The number of carboxylic acid groups (broad SMARTS) is 1. The van der Waals surface area contributed by atoms with Crippen molar-refractivity contribution >= 4 is 12.0 Å². The van der Waals surface area contributed by atoms with Crippen LogP contribution in [0.4, 0.5) is 4.79 Å². The zero-order valence-electron chi connectivity index (χ0n) is 9.69. The van der Waals surface area contributed by atoms with E-state index in [0.29, 0.717) is 0 Å². The smallest absolute Gasteiger partial charge is 0.326 e. The van der Waals surface area contributed by atoms with Gasteiger partial charge in [0.1, 0.15) is 6.04 Å². The Labute approximate surface area is 95.0 Å². The fraction of sp³-hybridized carbons (Fsp3) is 0.800. The Hall–Kier alpha value is -1.30. The van der Waals surface area contributed by atoms with Gasteiger partial charge in [-0.05, 0) is 13.3 Å². The van der Waals surface area contributed by atoms with E-state index in [9.17, 15) is 9.59 Å². The second-order valence-electron chi connectivity index (χ2n) is 3.71. The van der Waals surface area contributed by atoms with Crippen LogP contribution in [0.1, 0.15) is 33.1 Å². The van der Waals surface area contributed by atoms with Crippen molar-refractivity contribution in [3.8, 4) is 0 Å². The molecule has 0 aromatic carbocycles. The number of aliphatic hydroxyl groups excluding tert-OH is 1.